The largest absolute Gasteiger partial charge is 0.508 e. The fraction of sp³-hybridized carbons (Fsp3) is 0.419. The van der Waals surface area contributed by atoms with Gasteiger partial charge in [-0.2, -0.15) is 0 Å². The Bertz CT molecular complexity index is 1040. The van der Waals surface area contributed by atoms with Gasteiger partial charge in [0.1, 0.15) is 11.5 Å². The fourth-order valence-electron chi connectivity index (χ4n) is 5.71. The molecule has 3 aromatic carbocycles. The average molecular weight is 456 g/mol. The van der Waals surface area contributed by atoms with E-state index in [1.807, 2.05) is 6.07 Å². The number of phenols is 1. The number of unbranched alkanes of at least 4 members (excludes halogenated alkanes) is 3. The number of benzene rings is 3. The summed E-state index contributed by atoms with van der Waals surface area (Å²) in [6.07, 6.45) is 9.23. The lowest BCUT2D eigenvalue weighted by atomic mass is 9.75. The number of aromatic hydroxyl groups is 1. The Morgan fingerprint density at radius 3 is 2.35 bits per heavy atom. The van der Waals surface area contributed by atoms with Crippen LogP contribution < -0.4 is 4.74 Å². The van der Waals surface area contributed by atoms with E-state index in [0.29, 0.717) is 6.61 Å². The third-order valence-electron chi connectivity index (χ3n) is 7.61. The summed E-state index contributed by atoms with van der Waals surface area (Å²) in [4.78, 5) is 2.62. The molecule has 0 aromatic heterocycles. The molecule has 0 unspecified atom stereocenters. The van der Waals surface area contributed by atoms with Gasteiger partial charge in [0.05, 0.1) is 6.61 Å². The highest BCUT2D eigenvalue weighted by Gasteiger charge is 2.33. The predicted molar refractivity (Wildman–Crippen MR) is 139 cm³/mol. The SMILES string of the molecule is Oc1ccc2c(c1)OC[C@H](c1ccccc1)[C@@H]2c1ccc(CCCCCCN2CCCC2)cc1. The zero-order valence-corrected chi connectivity index (χ0v) is 20.2. The topological polar surface area (TPSA) is 32.7 Å². The lowest BCUT2D eigenvalue weighted by Crippen LogP contribution is -2.25. The summed E-state index contributed by atoms with van der Waals surface area (Å²) in [6.45, 7) is 4.54. The van der Waals surface area contributed by atoms with E-state index in [-0.39, 0.29) is 17.6 Å². The summed E-state index contributed by atoms with van der Waals surface area (Å²) >= 11 is 0. The molecule has 3 aromatic rings. The van der Waals surface area contributed by atoms with Crippen molar-refractivity contribution in [2.75, 3.05) is 26.2 Å². The van der Waals surface area contributed by atoms with E-state index in [2.05, 4.69) is 59.5 Å². The smallest absolute Gasteiger partial charge is 0.126 e. The number of hydrogen-bond acceptors (Lipinski definition) is 3. The molecule has 34 heavy (non-hydrogen) atoms. The highest BCUT2D eigenvalue weighted by molar-refractivity contribution is 5.50. The summed E-state index contributed by atoms with van der Waals surface area (Å²) in [5, 5.41) is 9.97. The van der Waals surface area contributed by atoms with Crippen molar-refractivity contribution in [3.8, 4) is 11.5 Å². The number of ether oxygens (including phenoxy) is 1. The van der Waals surface area contributed by atoms with Gasteiger partial charge in [-0.05, 0) is 74.5 Å². The molecule has 178 valence electrons. The van der Waals surface area contributed by atoms with Gasteiger partial charge in [0.2, 0.25) is 0 Å². The standard InChI is InChI=1S/C31H37NO2/c33-27-17-18-28-30(22-27)34-23-29(25-11-5-3-6-12-25)31(28)26-15-13-24(14-16-26)10-4-1-2-7-19-32-20-8-9-21-32/h3,5-6,11-18,22,29,31,33H,1-2,4,7-10,19-21,23H2/t29-,31-/m1/s1. The lowest BCUT2D eigenvalue weighted by molar-refractivity contribution is 0.248. The maximum atomic E-state index is 9.97. The summed E-state index contributed by atoms with van der Waals surface area (Å²) in [5.74, 6) is 1.52. The van der Waals surface area contributed by atoms with Crippen LogP contribution in [0.1, 0.15) is 72.6 Å². The number of phenolic OH excluding ortho intramolecular Hbond substituents is 1. The van der Waals surface area contributed by atoms with E-state index in [0.717, 1.165) is 17.7 Å². The molecule has 0 spiro atoms. The molecule has 2 heterocycles. The second-order valence-electron chi connectivity index (χ2n) is 9.98. The quantitative estimate of drug-likeness (QED) is 0.356. The second-order valence-corrected chi connectivity index (χ2v) is 9.98. The van der Waals surface area contributed by atoms with Gasteiger partial charge in [0.15, 0.2) is 0 Å². The third-order valence-corrected chi connectivity index (χ3v) is 7.61. The molecule has 5 rings (SSSR count). The maximum absolute atomic E-state index is 9.97. The van der Waals surface area contributed by atoms with Gasteiger partial charge in [-0.15, -0.1) is 0 Å². The van der Waals surface area contributed by atoms with Gasteiger partial charge in [-0.25, -0.2) is 0 Å². The molecule has 0 bridgehead atoms. The summed E-state index contributed by atoms with van der Waals surface area (Å²) in [5.41, 5.74) is 5.20. The Morgan fingerprint density at radius 1 is 0.794 bits per heavy atom. The van der Waals surface area contributed by atoms with Gasteiger partial charge >= 0.3 is 0 Å². The average Bonchev–Trinajstić information content (AvgIpc) is 3.40. The van der Waals surface area contributed by atoms with Gasteiger partial charge in [0.25, 0.3) is 0 Å². The van der Waals surface area contributed by atoms with E-state index >= 15 is 0 Å². The highest BCUT2D eigenvalue weighted by atomic mass is 16.5. The zero-order valence-electron chi connectivity index (χ0n) is 20.2. The van der Waals surface area contributed by atoms with Crippen molar-refractivity contribution < 1.29 is 9.84 Å². The first-order valence-electron chi connectivity index (χ1n) is 13.1. The number of nitrogens with zero attached hydrogens (tertiary/aromatic N) is 1. The molecule has 3 nitrogen and oxygen atoms in total. The van der Waals surface area contributed by atoms with E-state index in [9.17, 15) is 5.11 Å². The van der Waals surface area contributed by atoms with Crippen molar-refractivity contribution in [3.05, 3.63) is 95.1 Å². The van der Waals surface area contributed by atoms with Crippen molar-refractivity contribution in [3.63, 3.8) is 0 Å². The lowest BCUT2D eigenvalue weighted by Gasteiger charge is -2.34. The first-order valence-corrected chi connectivity index (χ1v) is 13.1. The highest BCUT2D eigenvalue weighted by Crippen LogP contribution is 2.46. The molecule has 3 heteroatoms. The Kier molecular flexibility index (Phi) is 7.50. The molecule has 0 amide bonds. The van der Waals surface area contributed by atoms with E-state index in [1.165, 1.54) is 74.8 Å². The number of aryl methyl sites for hydroxylation is 1. The van der Waals surface area contributed by atoms with E-state index in [1.54, 1.807) is 12.1 Å². The van der Waals surface area contributed by atoms with Crippen LogP contribution in [0.15, 0.2) is 72.8 Å². The summed E-state index contributed by atoms with van der Waals surface area (Å²) in [7, 11) is 0. The van der Waals surface area contributed by atoms with Crippen molar-refractivity contribution in [1.82, 2.24) is 4.90 Å². The van der Waals surface area contributed by atoms with Crippen LogP contribution in [-0.2, 0) is 6.42 Å². The van der Waals surface area contributed by atoms with Crippen LogP contribution in [0.2, 0.25) is 0 Å². The van der Waals surface area contributed by atoms with Gasteiger partial charge in [-0.1, -0.05) is 73.5 Å². The van der Waals surface area contributed by atoms with Crippen LogP contribution in [-0.4, -0.2) is 36.2 Å². The molecule has 1 fully saturated rings. The van der Waals surface area contributed by atoms with Crippen LogP contribution in [0, 0.1) is 0 Å². The number of fused-ring (bicyclic) bond motifs is 1. The predicted octanol–water partition coefficient (Wildman–Crippen LogP) is 6.90. The van der Waals surface area contributed by atoms with Gasteiger partial charge < -0.3 is 14.7 Å². The Hall–Kier alpha value is -2.78. The number of hydrogen-bond donors (Lipinski definition) is 1. The van der Waals surface area contributed by atoms with Crippen LogP contribution in [0.5, 0.6) is 11.5 Å². The Balaban J connectivity index is 1.24. The minimum absolute atomic E-state index is 0.214. The second kappa shape index (κ2) is 11.1. The van der Waals surface area contributed by atoms with Crippen molar-refractivity contribution in [1.29, 1.82) is 0 Å². The first-order chi connectivity index (χ1) is 16.8. The molecule has 2 aliphatic rings. The van der Waals surface area contributed by atoms with E-state index < -0.39 is 0 Å². The van der Waals surface area contributed by atoms with Crippen LogP contribution in [0.4, 0.5) is 0 Å². The summed E-state index contributed by atoms with van der Waals surface area (Å²) in [6, 6.07) is 25.5. The fourth-order valence-corrected chi connectivity index (χ4v) is 5.71. The van der Waals surface area contributed by atoms with E-state index in [4.69, 9.17) is 4.74 Å². The van der Waals surface area contributed by atoms with Crippen LogP contribution in [0.25, 0.3) is 0 Å². The number of rotatable bonds is 9. The molecular formula is C31H37NO2. The van der Waals surface area contributed by atoms with Gasteiger partial charge in [-0.3, -0.25) is 0 Å². The van der Waals surface area contributed by atoms with Crippen molar-refractivity contribution in [2.24, 2.45) is 0 Å². The first kappa shape index (κ1) is 23.0. The molecule has 0 radical (unpaired) electrons. The van der Waals surface area contributed by atoms with Crippen molar-refractivity contribution >= 4 is 0 Å². The zero-order chi connectivity index (χ0) is 23.2. The molecular weight excluding hydrogens is 418 g/mol. The molecule has 0 aliphatic carbocycles. The Morgan fingerprint density at radius 2 is 1.56 bits per heavy atom. The number of likely N-dealkylation sites (tertiary alicyclic amines) is 1. The third kappa shape index (κ3) is 5.47. The molecule has 0 saturated carbocycles. The van der Waals surface area contributed by atoms with Crippen LogP contribution in [0.3, 0.4) is 0 Å². The maximum Gasteiger partial charge on any atom is 0.126 e. The Labute approximate surface area is 204 Å². The normalized spacial score (nSPS) is 20.1. The van der Waals surface area contributed by atoms with Crippen LogP contribution >= 0.6 is 0 Å². The molecule has 2 aliphatic heterocycles. The molecule has 2 atom stereocenters. The minimum Gasteiger partial charge on any atom is -0.508 e. The monoisotopic (exact) mass is 455 g/mol. The van der Waals surface area contributed by atoms with Gasteiger partial charge in [0, 0.05) is 23.5 Å². The molecule has 1 saturated heterocycles. The molecule has 1 N–H and O–H groups in total. The minimum atomic E-state index is 0.214. The van der Waals surface area contributed by atoms with Crippen molar-refractivity contribution in [2.45, 2.75) is 56.8 Å². The summed E-state index contributed by atoms with van der Waals surface area (Å²) < 4.78 is 6.10.